The molecule has 1 aliphatic carbocycles. The molecule has 1 rings (SSSR count). The number of nitrogens with zero attached hydrogens (tertiary/aromatic N) is 4. The highest BCUT2D eigenvalue weighted by Gasteiger charge is 2.41. The van der Waals surface area contributed by atoms with Gasteiger partial charge in [-0.2, -0.15) is 5.26 Å². The lowest BCUT2D eigenvalue weighted by molar-refractivity contribution is 0.403. The minimum Gasteiger partial charge on any atom is -0.299 e. The van der Waals surface area contributed by atoms with E-state index in [1.165, 1.54) is 0 Å². The van der Waals surface area contributed by atoms with Crippen LogP contribution >= 0.6 is 0 Å². The molecule has 0 heterocycles. The van der Waals surface area contributed by atoms with Crippen molar-refractivity contribution in [2.45, 2.75) is 25.3 Å². The average Bonchev–Trinajstić information content (AvgIpc) is 2.95. The van der Waals surface area contributed by atoms with Gasteiger partial charge in [-0.05, 0) is 31.2 Å². The van der Waals surface area contributed by atoms with Gasteiger partial charge in [-0.3, -0.25) is 5.32 Å². The molecule has 1 fully saturated rings. The molecule has 5 heteroatoms. The summed E-state index contributed by atoms with van der Waals surface area (Å²) in [5.74, 6) is 0.476. The van der Waals surface area contributed by atoms with Gasteiger partial charge in [0.25, 0.3) is 0 Å². The van der Waals surface area contributed by atoms with E-state index in [-0.39, 0.29) is 0 Å². The van der Waals surface area contributed by atoms with Gasteiger partial charge in [-0.25, -0.2) is 0 Å². The van der Waals surface area contributed by atoms with Gasteiger partial charge in [0, 0.05) is 18.0 Å². The molecule has 0 aliphatic heterocycles. The van der Waals surface area contributed by atoms with Crippen LogP contribution in [0.5, 0.6) is 0 Å². The molecule has 0 aromatic heterocycles. The maximum Gasteiger partial charge on any atom is 0.106 e. The Labute approximate surface area is 77.4 Å². The van der Waals surface area contributed by atoms with Gasteiger partial charge in [0.15, 0.2) is 0 Å². The van der Waals surface area contributed by atoms with E-state index in [0.717, 1.165) is 12.8 Å². The largest absolute Gasteiger partial charge is 0.299 e. The standard InChI is InChI=1S/C8H13N5/c1-8(6-9,7-2-3-7)11-4-5-12-13-10/h7,11H,2-5H2,1H3. The molecule has 1 atom stereocenters. The molecule has 1 N–H and O–H groups in total. The first-order valence-corrected chi connectivity index (χ1v) is 4.40. The van der Waals surface area contributed by atoms with Crippen LogP contribution < -0.4 is 5.32 Å². The van der Waals surface area contributed by atoms with Crippen molar-refractivity contribution in [1.82, 2.24) is 5.32 Å². The molecule has 0 aromatic rings. The molecular weight excluding hydrogens is 166 g/mol. The number of rotatable bonds is 5. The molecular formula is C8H13N5. The van der Waals surface area contributed by atoms with Crippen LogP contribution in [0.25, 0.3) is 10.4 Å². The van der Waals surface area contributed by atoms with Crippen LogP contribution in [0.1, 0.15) is 19.8 Å². The van der Waals surface area contributed by atoms with Crippen molar-refractivity contribution in [1.29, 1.82) is 5.26 Å². The normalized spacial score (nSPS) is 19.7. The fourth-order valence-electron chi connectivity index (χ4n) is 1.35. The Morgan fingerprint density at radius 2 is 2.46 bits per heavy atom. The van der Waals surface area contributed by atoms with Crippen LogP contribution in [0.4, 0.5) is 0 Å². The Kier molecular flexibility index (Phi) is 3.13. The Balaban J connectivity index is 2.32. The topological polar surface area (TPSA) is 84.6 Å². The maximum absolute atomic E-state index is 8.94. The summed E-state index contributed by atoms with van der Waals surface area (Å²) in [7, 11) is 0. The second-order valence-corrected chi connectivity index (χ2v) is 3.47. The average molecular weight is 179 g/mol. The van der Waals surface area contributed by atoms with Crippen molar-refractivity contribution >= 4 is 0 Å². The van der Waals surface area contributed by atoms with E-state index in [1.54, 1.807) is 0 Å². The van der Waals surface area contributed by atoms with Crippen LogP contribution in [0, 0.1) is 17.2 Å². The molecule has 0 radical (unpaired) electrons. The summed E-state index contributed by atoms with van der Waals surface area (Å²) in [6.07, 6.45) is 2.25. The molecule has 0 saturated heterocycles. The lowest BCUT2D eigenvalue weighted by Crippen LogP contribution is -2.44. The fraction of sp³-hybridized carbons (Fsp3) is 0.875. The highest BCUT2D eigenvalue weighted by molar-refractivity contribution is 5.12. The first kappa shape index (κ1) is 9.85. The molecule has 1 saturated carbocycles. The Bertz CT molecular complexity index is 258. The summed E-state index contributed by atoms with van der Waals surface area (Å²) in [4.78, 5) is 2.64. The van der Waals surface area contributed by atoms with Gasteiger partial charge in [0.05, 0.1) is 6.07 Å². The van der Waals surface area contributed by atoms with Gasteiger partial charge >= 0.3 is 0 Å². The summed E-state index contributed by atoms with van der Waals surface area (Å²) in [6.45, 7) is 2.88. The third kappa shape index (κ3) is 2.62. The van der Waals surface area contributed by atoms with Crippen molar-refractivity contribution in [3.8, 4) is 6.07 Å². The van der Waals surface area contributed by atoms with E-state index in [1.807, 2.05) is 6.92 Å². The summed E-state index contributed by atoms with van der Waals surface area (Å²) in [6, 6.07) is 2.27. The SMILES string of the molecule is CC(C#N)(NCCN=[N+]=[N-])C1CC1. The minimum absolute atomic E-state index is 0.403. The third-order valence-corrected chi connectivity index (χ3v) is 2.39. The number of nitriles is 1. The van der Waals surface area contributed by atoms with Crippen molar-refractivity contribution in [3.05, 3.63) is 10.4 Å². The van der Waals surface area contributed by atoms with E-state index in [9.17, 15) is 0 Å². The second-order valence-electron chi connectivity index (χ2n) is 3.47. The van der Waals surface area contributed by atoms with Crippen LogP contribution in [0.3, 0.4) is 0 Å². The molecule has 13 heavy (non-hydrogen) atoms. The lowest BCUT2D eigenvalue weighted by atomic mass is 9.98. The fourth-order valence-corrected chi connectivity index (χ4v) is 1.35. The molecule has 5 nitrogen and oxygen atoms in total. The maximum atomic E-state index is 8.94. The first-order valence-electron chi connectivity index (χ1n) is 4.40. The molecule has 1 unspecified atom stereocenters. The number of hydrogen-bond donors (Lipinski definition) is 1. The smallest absolute Gasteiger partial charge is 0.106 e. The Hall–Kier alpha value is -1.24. The monoisotopic (exact) mass is 179 g/mol. The van der Waals surface area contributed by atoms with E-state index in [0.29, 0.717) is 19.0 Å². The molecule has 0 spiro atoms. The van der Waals surface area contributed by atoms with Crippen molar-refractivity contribution in [2.75, 3.05) is 13.1 Å². The number of azide groups is 1. The summed E-state index contributed by atoms with van der Waals surface area (Å²) in [5.41, 5.74) is 7.61. The number of hydrogen-bond acceptors (Lipinski definition) is 3. The summed E-state index contributed by atoms with van der Waals surface area (Å²) >= 11 is 0. The van der Waals surface area contributed by atoms with Crippen molar-refractivity contribution in [3.63, 3.8) is 0 Å². The van der Waals surface area contributed by atoms with Crippen molar-refractivity contribution in [2.24, 2.45) is 11.0 Å². The predicted molar refractivity (Wildman–Crippen MR) is 48.8 cm³/mol. The molecule has 0 amide bonds. The summed E-state index contributed by atoms with van der Waals surface area (Å²) < 4.78 is 0. The predicted octanol–water partition coefficient (Wildman–Crippen LogP) is 1.58. The zero-order chi connectivity index (χ0) is 9.73. The number of nitrogens with one attached hydrogen (secondary N) is 1. The highest BCUT2D eigenvalue weighted by Crippen LogP contribution is 2.38. The van der Waals surface area contributed by atoms with Gasteiger partial charge < -0.3 is 0 Å². The van der Waals surface area contributed by atoms with Crippen LogP contribution in [0.2, 0.25) is 0 Å². The van der Waals surface area contributed by atoms with Crippen molar-refractivity contribution < 1.29 is 0 Å². The molecule has 70 valence electrons. The van der Waals surface area contributed by atoms with Gasteiger partial charge in [-0.15, -0.1) is 0 Å². The zero-order valence-electron chi connectivity index (χ0n) is 7.69. The minimum atomic E-state index is -0.426. The van der Waals surface area contributed by atoms with E-state index in [2.05, 4.69) is 21.4 Å². The molecule has 0 bridgehead atoms. The van der Waals surface area contributed by atoms with E-state index in [4.69, 9.17) is 10.8 Å². The van der Waals surface area contributed by atoms with Gasteiger partial charge in [0.1, 0.15) is 5.54 Å². The third-order valence-electron chi connectivity index (χ3n) is 2.39. The van der Waals surface area contributed by atoms with Gasteiger partial charge in [0.2, 0.25) is 0 Å². The zero-order valence-corrected chi connectivity index (χ0v) is 7.69. The quantitative estimate of drug-likeness (QED) is 0.300. The van der Waals surface area contributed by atoms with Crippen LogP contribution in [-0.2, 0) is 0 Å². The van der Waals surface area contributed by atoms with Crippen LogP contribution in [0.15, 0.2) is 5.11 Å². The van der Waals surface area contributed by atoms with E-state index >= 15 is 0 Å². The molecule has 0 aromatic carbocycles. The molecule has 1 aliphatic rings. The van der Waals surface area contributed by atoms with Crippen LogP contribution in [-0.4, -0.2) is 18.6 Å². The first-order chi connectivity index (χ1) is 6.23. The van der Waals surface area contributed by atoms with Gasteiger partial charge in [-0.1, -0.05) is 5.11 Å². The second kappa shape index (κ2) is 4.13. The summed E-state index contributed by atoms with van der Waals surface area (Å²) in [5, 5.41) is 15.5. The Morgan fingerprint density at radius 1 is 1.77 bits per heavy atom. The highest BCUT2D eigenvalue weighted by atomic mass is 15.1. The Morgan fingerprint density at radius 3 is 2.92 bits per heavy atom. The lowest BCUT2D eigenvalue weighted by Gasteiger charge is -2.22. The van der Waals surface area contributed by atoms with E-state index < -0.39 is 5.54 Å².